The molecule has 2 aromatic carbocycles. The van der Waals surface area contributed by atoms with Gasteiger partial charge in [-0.15, -0.1) is 4.68 Å². The molecule has 0 amide bonds. The summed E-state index contributed by atoms with van der Waals surface area (Å²) in [6.07, 6.45) is 8.25. The number of para-hydroxylation sites is 1. The van der Waals surface area contributed by atoms with Crippen molar-refractivity contribution in [2.24, 2.45) is 0 Å². The van der Waals surface area contributed by atoms with Gasteiger partial charge in [0.1, 0.15) is 28.2 Å². The molecular weight excluding hydrogens is 374 g/mol. The predicted molar refractivity (Wildman–Crippen MR) is 118 cm³/mol. The Morgan fingerprint density at radius 1 is 1.10 bits per heavy atom. The van der Waals surface area contributed by atoms with Gasteiger partial charge < -0.3 is 9.47 Å². The van der Waals surface area contributed by atoms with Crippen LogP contribution in [0.25, 0.3) is 28.2 Å². The van der Waals surface area contributed by atoms with E-state index in [-0.39, 0.29) is 5.60 Å². The Bertz CT molecular complexity index is 1170. The molecule has 4 heterocycles. The molecule has 30 heavy (non-hydrogen) atoms. The number of nitrogens with one attached hydrogen (secondary N) is 1. The predicted octanol–water partition coefficient (Wildman–Crippen LogP) is 4.90. The van der Waals surface area contributed by atoms with Crippen LogP contribution in [0.1, 0.15) is 38.7 Å². The normalized spacial score (nSPS) is 19.1. The number of ether oxygens (including phenoxy) is 2. The van der Waals surface area contributed by atoms with E-state index in [2.05, 4.69) is 58.9 Å². The molecule has 3 aromatic rings. The van der Waals surface area contributed by atoms with Crippen molar-refractivity contribution < 1.29 is 14.2 Å². The highest BCUT2D eigenvalue weighted by Crippen LogP contribution is 2.50. The zero-order valence-corrected chi connectivity index (χ0v) is 17.7. The first-order chi connectivity index (χ1) is 14.6. The van der Waals surface area contributed by atoms with E-state index in [0.29, 0.717) is 0 Å². The van der Waals surface area contributed by atoms with E-state index in [1.807, 2.05) is 12.1 Å². The minimum absolute atomic E-state index is 0.322. The number of hydrogen-bond acceptors (Lipinski definition) is 3. The largest absolute Gasteiger partial charge is 0.483 e. The average Bonchev–Trinajstić information content (AvgIpc) is 3.11. The quantitative estimate of drug-likeness (QED) is 0.496. The molecule has 1 saturated heterocycles. The SMILES string of the molecule is CC1(C)C=Cc2c(cc3c4c([nH][n+]3CCN3CCCCC3)-c3ccccc3Oc24)O1. The van der Waals surface area contributed by atoms with Crippen molar-refractivity contribution >= 4 is 17.0 Å². The minimum atomic E-state index is -0.322. The van der Waals surface area contributed by atoms with Crippen LogP contribution < -0.4 is 14.2 Å². The zero-order valence-electron chi connectivity index (χ0n) is 17.7. The molecule has 0 atom stereocenters. The van der Waals surface area contributed by atoms with Crippen molar-refractivity contribution in [1.82, 2.24) is 10.00 Å². The maximum Gasteiger partial charge on any atom is 0.246 e. The molecule has 1 fully saturated rings. The number of aromatic amines is 1. The van der Waals surface area contributed by atoms with Crippen molar-refractivity contribution in [3.63, 3.8) is 0 Å². The lowest BCUT2D eigenvalue weighted by Crippen LogP contribution is -2.43. The van der Waals surface area contributed by atoms with Gasteiger partial charge in [-0.3, -0.25) is 4.90 Å². The number of likely N-dealkylation sites (tertiary alicyclic amines) is 1. The van der Waals surface area contributed by atoms with E-state index >= 15 is 0 Å². The Morgan fingerprint density at radius 2 is 1.93 bits per heavy atom. The third kappa shape index (κ3) is 2.83. The minimum Gasteiger partial charge on any atom is -0.483 e. The number of benzene rings is 2. The van der Waals surface area contributed by atoms with Crippen molar-refractivity contribution in [1.29, 1.82) is 0 Å². The molecule has 3 aliphatic rings. The Balaban J connectivity index is 1.50. The number of fused-ring (bicyclic) bond motifs is 4. The van der Waals surface area contributed by atoms with Crippen molar-refractivity contribution in [3.8, 4) is 28.5 Å². The van der Waals surface area contributed by atoms with Gasteiger partial charge in [-0.25, -0.2) is 0 Å². The molecule has 6 rings (SSSR count). The second-order valence-corrected chi connectivity index (χ2v) is 9.19. The first kappa shape index (κ1) is 18.0. The summed E-state index contributed by atoms with van der Waals surface area (Å²) in [4.78, 5) is 2.58. The van der Waals surface area contributed by atoms with E-state index in [1.165, 1.54) is 32.4 Å². The Labute approximate surface area is 176 Å². The van der Waals surface area contributed by atoms with Gasteiger partial charge in [0.25, 0.3) is 0 Å². The molecule has 0 unspecified atom stereocenters. The molecule has 0 radical (unpaired) electrons. The molecular formula is C25H28N3O2+. The number of aromatic nitrogens is 2. The molecule has 3 aliphatic heterocycles. The van der Waals surface area contributed by atoms with E-state index in [0.717, 1.165) is 58.1 Å². The van der Waals surface area contributed by atoms with Crippen LogP contribution in [0.5, 0.6) is 17.2 Å². The van der Waals surface area contributed by atoms with Crippen LogP contribution in [0.3, 0.4) is 0 Å². The summed E-state index contributed by atoms with van der Waals surface area (Å²) in [5.74, 6) is 2.68. The van der Waals surface area contributed by atoms with Crippen LogP contribution in [0, 0.1) is 0 Å². The highest BCUT2D eigenvalue weighted by atomic mass is 16.5. The van der Waals surface area contributed by atoms with Crippen molar-refractivity contribution in [3.05, 3.63) is 42.0 Å². The summed E-state index contributed by atoms with van der Waals surface area (Å²) in [5, 5.41) is 4.85. The molecule has 0 spiro atoms. The average molecular weight is 403 g/mol. The third-order valence-electron chi connectivity index (χ3n) is 6.53. The second kappa shape index (κ2) is 6.61. The number of nitrogens with zero attached hydrogens (tertiary/aromatic N) is 2. The van der Waals surface area contributed by atoms with E-state index in [4.69, 9.17) is 9.47 Å². The number of piperidine rings is 1. The lowest BCUT2D eigenvalue weighted by atomic mass is 9.96. The van der Waals surface area contributed by atoms with Gasteiger partial charge in [-0.2, -0.15) is 5.10 Å². The maximum absolute atomic E-state index is 6.45. The molecule has 5 nitrogen and oxygen atoms in total. The van der Waals surface area contributed by atoms with Gasteiger partial charge in [0, 0.05) is 5.56 Å². The van der Waals surface area contributed by atoms with Gasteiger partial charge in [0.05, 0.1) is 18.2 Å². The van der Waals surface area contributed by atoms with Gasteiger partial charge in [0.15, 0.2) is 12.3 Å². The van der Waals surface area contributed by atoms with E-state index in [9.17, 15) is 0 Å². The maximum atomic E-state index is 6.45. The molecule has 0 saturated carbocycles. The van der Waals surface area contributed by atoms with Crippen LogP contribution in [-0.2, 0) is 6.54 Å². The van der Waals surface area contributed by atoms with Gasteiger partial charge >= 0.3 is 0 Å². The lowest BCUT2D eigenvalue weighted by molar-refractivity contribution is -0.725. The summed E-state index contributed by atoms with van der Waals surface area (Å²) in [6, 6.07) is 10.5. The summed E-state index contributed by atoms with van der Waals surface area (Å²) < 4.78 is 15.1. The number of rotatable bonds is 3. The molecule has 5 heteroatoms. The van der Waals surface area contributed by atoms with Crippen LogP contribution in [0.15, 0.2) is 36.4 Å². The second-order valence-electron chi connectivity index (χ2n) is 9.19. The summed E-state index contributed by atoms with van der Waals surface area (Å²) in [5.41, 5.74) is 4.11. The Kier molecular flexibility index (Phi) is 3.97. The third-order valence-corrected chi connectivity index (χ3v) is 6.53. The topological polar surface area (TPSA) is 41.4 Å². The fraction of sp³-hybridized carbons (Fsp3) is 0.400. The lowest BCUT2D eigenvalue weighted by Gasteiger charge is -2.29. The highest BCUT2D eigenvalue weighted by Gasteiger charge is 2.35. The molecule has 1 N–H and O–H groups in total. The van der Waals surface area contributed by atoms with Crippen LogP contribution in [-0.4, -0.2) is 35.2 Å². The van der Waals surface area contributed by atoms with Gasteiger partial charge in [-0.1, -0.05) is 18.6 Å². The van der Waals surface area contributed by atoms with Crippen LogP contribution in [0.2, 0.25) is 0 Å². The van der Waals surface area contributed by atoms with Gasteiger partial charge in [-0.05, 0) is 64.1 Å². The smallest absolute Gasteiger partial charge is 0.246 e. The fourth-order valence-corrected chi connectivity index (χ4v) is 4.96. The molecule has 0 bridgehead atoms. The summed E-state index contributed by atoms with van der Waals surface area (Å²) in [7, 11) is 0. The first-order valence-electron chi connectivity index (χ1n) is 11.1. The monoisotopic (exact) mass is 402 g/mol. The zero-order chi connectivity index (χ0) is 20.3. The highest BCUT2D eigenvalue weighted by molar-refractivity contribution is 6.03. The van der Waals surface area contributed by atoms with Crippen LogP contribution in [0.4, 0.5) is 0 Å². The Hall–Kier alpha value is -2.79. The first-order valence-corrected chi connectivity index (χ1v) is 11.1. The van der Waals surface area contributed by atoms with Crippen molar-refractivity contribution in [2.75, 3.05) is 19.6 Å². The van der Waals surface area contributed by atoms with Crippen molar-refractivity contribution in [2.45, 2.75) is 45.3 Å². The fourth-order valence-electron chi connectivity index (χ4n) is 4.96. The Morgan fingerprint density at radius 3 is 2.80 bits per heavy atom. The van der Waals surface area contributed by atoms with Gasteiger partial charge in [0.2, 0.25) is 5.52 Å². The molecule has 0 aliphatic carbocycles. The number of H-pyrrole nitrogens is 1. The van der Waals surface area contributed by atoms with E-state index < -0.39 is 0 Å². The molecule has 1 aromatic heterocycles. The van der Waals surface area contributed by atoms with E-state index in [1.54, 1.807) is 0 Å². The summed E-state index contributed by atoms with van der Waals surface area (Å²) >= 11 is 0. The van der Waals surface area contributed by atoms with Crippen LogP contribution >= 0.6 is 0 Å². The number of hydrogen-bond donors (Lipinski definition) is 1. The summed E-state index contributed by atoms with van der Waals surface area (Å²) in [6.45, 7) is 8.58. The molecule has 154 valence electrons. The standard InChI is InChI=1S/C25H27N3O2/c1-25(2)11-10-18-21(30-25)16-19-22-23(17-8-4-5-9-20(17)29-24(18)22)26-28(19)15-14-27-12-6-3-7-13-27/h4-5,8-11,16H,3,6-7,12-15H2,1-2H3/p+1.